The number of nitrogens with one attached hydrogen (secondary N) is 2. The summed E-state index contributed by atoms with van der Waals surface area (Å²) in [5, 5.41) is 10.5. The van der Waals surface area contributed by atoms with E-state index in [4.69, 9.17) is 4.74 Å². The molecule has 0 radical (unpaired) electrons. The van der Waals surface area contributed by atoms with Gasteiger partial charge in [-0.15, -0.1) is 0 Å². The Morgan fingerprint density at radius 3 is 2.91 bits per heavy atom. The second-order valence-corrected chi connectivity index (χ2v) is 6.86. The maximum Gasteiger partial charge on any atom is 0.315 e. The van der Waals surface area contributed by atoms with Crippen LogP contribution in [0.25, 0.3) is 0 Å². The van der Waals surface area contributed by atoms with Gasteiger partial charge in [-0.1, -0.05) is 0 Å². The predicted octanol–water partition coefficient (Wildman–Crippen LogP) is 1.83. The molecule has 1 aromatic heterocycles. The van der Waals surface area contributed by atoms with E-state index in [2.05, 4.69) is 22.7 Å². The van der Waals surface area contributed by atoms with E-state index in [0.717, 1.165) is 43.2 Å². The standard InChI is InChI=1S/C16H24N4O2/c1-2-20-9-12(8-17-20)15-14(3-4-22-15)19-16(21)18-13-6-10-5-11(10)7-13/h8-11,13-15H,2-7H2,1H3,(H2,18,19,21)/t10?,11?,13?,14-,15+/m0/s1. The van der Waals surface area contributed by atoms with Gasteiger partial charge in [0.25, 0.3) is 0 Å². The van der Waals surface area contributed by atoms with E-state index in [9.17, 15) is 4.79 Å². The van der Waals surface area contributed by atoms with Crippen LogP contribution in [-0.4, -0.2) is 34.5 Å². The maximum absolute atomic E-state index is 12.2. The number of hydrogen-bond donors (Lipinski definition) is 2. The van der Waals surface area contributed by atoms with Crippen molar-refractivity contribution in [3.05, 3.63) is 18.0 Å². The molecule has 3 fully saturated rings. The first-order chi connectivity index (χ1) is 10.7. The highest BCUT2D eigenvalue weighted by atomic mass is 16.5. The van der Waals surface area contributed by atoms with E-state index >= 15 is 0 Å². The summed E-state index contributed by atoms with van der Waals surface area (Å²) in [4.78, 5) is 12.2. The minimum Gasteiger partial charge on any atom is -0.371 e. The van der Waals surface area contributed by atoms with E-state index in [0.29, 0.717) is 12.6 Å². The zero-order valence-corrected chi connectivity index (χ0v) is 13.0. The van der Waals surface area contributed by atoms with Crippen LogP contribution in [0.2, 0.25) is 0 Å². The smallest absolute Gasteiger partial charge is 0.315 e. The SMILES string of the molecule is CCn1cc([C@H]2OCC[C@@H]2NC(=O)NC2CC3CC3C2)cn1. The summed E-state index contributed by atoms with van der Waals surface area (Å²) in [5.74, 6) is 1.76. The van der Waals surface area contributed by atoms with Gasteiger partial charge in [0.2, 0.25) is 0 Å². The second-order valence-electron chi connectivity index (χ2n) is 6.86. The summed E-state index contributed by atoms with van der Waals surface area (Å²) in [7, 11) is 0. The van der Waals surface area contributed by atoms with Gasteiger partial charge in [0.05, 0.1) is 12.2 Å². The Kier molecular flexibility index (Phi) is 3.56. The normalized spacial score (nSPS) is 36.1. The third kappa shape index (κ3) is 2.72. The zero-order valence-electron chi connectivity index (χ0n) is 13.0. The van der Waals surface area contributed by atoms with Crippen molar-refractivity contribution in [2.75, 3.05) is 6.61 Å². The van der Waals surface area contributed by atoms with Crippen LogP contribution in [-0.2, 0) is 11.3 Å². The molecule has 1 aliphatic heterocycles. The van der Waals surface area contributed by atoms with Crippen LogP contribution in [0.15, 0.2) is 12.4 Å². The molecule has 2 saturated carbocycles. The molecule has 1 saturated heterocycles. The number of aryl methyl sites for hydroxylation is 1. The molecule has 2 unspecified atom stereocenters. The fourth-order valence-electron chi connectivity index (χ4n) is 3.99. The Hall–Kier alpha value is -1.56. The molecule has 6 nitrogen and oxygen atoms in total. The Balaban J connectivity index is 1.33. The van der Waals surface area contributed by atoms with Crippen molar-refractivity contribution in [2.45, 2.75) is 57.3 Å². The quantitative estimate of drug-likeness (QED) is 0.892. The fourth-order valence-corrected chi connectivity index (χ4v) is 3.99. The molecule has 6 heteroatoms. The van der Waals surface area contributed by atoms with Gasteiger partial charge in [-0.3, -0.25) is 4.68 Å². The third-order valence-corrected chi connectivity index (χ3v) is 5.29. The van der Waals surface area contributed by atoms with Gasteiger partial charge in [0.1, 0.15) is 6.10 Å². The fraction of sp³-hybridized carbons (Fsp3) is 0.750. The summed E-state index contributed by atoms with van der Waals surface area (Å²) < 4.78 is 7.70. The number of ether oxygens (including phenoxy) is 1. The Morgan fingerprint density at radius 2 is 2.18 bits per heavy atom. The molecule has 0 bridgehead atoms. The lowest BCUT2D eigenvalue weighted by atomic mass is 10.1. The Labute approximate surface area is 130 Å². The van der Waals surface area contributed by atoms with Gasteiger partial charge in [0.15, 0.2) is 0 Å². The van der Waals surface area contributed by atoms with Gasteiger partial charge in [-0.05, 0) is 44.4 Å². The Bertz CT molecular complexity index is 548. The molecule has 0 spiro atoms. The molecular formula is C16H24N4O2. The van der Waals surface area contributed by atoms with Crippen molar-refractivity contribution in [1.29, 1.82) is 0 Å². The van der Waals surface area contributed by atoms with Gasteiger partial charge in [0, 0.05) is 31.0 Å². The predicted molar refractivity (Wildman–Crippen MR) is 81.3 cm³/mol. The van der Waals surface area contributed by atoms with E-state index in [1.54, 1.807) is 0 Å². The molecular weight excluding hydrogens is 280 g/mol. The molecule has 0 aromatic carbocycles. The number of carbonyl (C=O) groups is 1. The van der Waals surface area contributed by atoms with Crippen LogP contribution in [0.4, 0.5) is 4.79 Å². The minimum absolute atomic E-state index is 0.0328. The first-order valence-electron chi connectivity index (χ1n) is 8.44. The minimum atomic E-state index is -0.0805. The molecule has 1 aromatic rings. The first-order valence-corrected chi connectivity index (χ1v) is 8.44. The van der Waals surface area contributed by atoms with Gasteiger partial charge in [-0.2, -0.15) is 5.10 Å². The van der Waals surface area contributed by atoms with Crippen LogP contribution < -0.4 is 10.6 Å². The van der Waals surface area contributed by atoms with E-state index in [1.165, 1.54) is 6.42 Å². The highest BCUT2D eigenvalue weighted by molar-refractivity contribution is 5.74. The molecule has 4 atom stereocenters. The summed E-state index contributed by atoms with van der Waals surface area (Å²) in [6, 6.07) is 0.354. The second kappa shape index (κ2) is 5.57. The number of amides is 2. The van der Waals surface area contributed by atoms with Crippen molar-refractivity contribution in [1.82, 2.24) is 20.4 Å². The first kappa shape index (κ1) is 14.1. The van der Waals surface area contributed by atoms with Crippen LogP contribution in [0.3, 0.4) is 0 Å². The maximum atomic E-state index is 12.2. The molecule has 2 amide bonds. The number of nitrogens with zero attached hydrogens (tertiary/aromatic N) is 2. The van der Waals surface area contributed by atoms with Crippen LogP contribution in [0, 0.1) is 11.8 Å². The van der Waals surface area contributed by atoms with Gasteiger partial charge >= 0.3 is 6.03 Å². The zero-order chi connectivity index (χ0) is 15.1. The van der Waals surface area contributed by atoms with E-state index in [1.807, 2.05) is 17.1 Å². The lowest BCUT2D eigenvalue weighted by Gasteiger charge is -2.21. The molecule has 2 heterocycles. The topological polar surface area (TPSA) is 68.2 Å². The summed E-state index contributed by atoms with van der Waals surface area (Å²) in [5.41, 5.74) is 1.05. The average molecular weight is 304 g/mol. The third-order valence-electron chi connectivity index (χ3n) is 5.29. The highest BCUT2D eigenvalue weighted by Crippen LogP contribution is 2.51. The number of aromatic nitrogens is 2. The number of hydrogen-bond acceptors (Lipinski definition) is 3. The Morgan fingerprint density at radius 1 is 1.36 bits per heavy atom. The van der Waals surface area contributed by atoms with Crippen molar-refractivity contribution in [3.63, 3.8) is 0 Å². The average Bonchev–Trinajstić information content (AvgIpc) is 2.95. The molecule has 120 valence electrons. The van der Waals surface area contributed by atoms with Gasteiger partial charge < -0.3 is 15.4 Å². The molecule has 3 aliphatic rings. The van der Waals surface area contributed by atoms with Crippen LogP contribution in [0.5, 0.6) is 0 Å². The molecule has 2 N–H and O–H groups in total. The number of carbonyl (C=O) groups excluding carboxylic acids is 1. The van der Waals surface area contributed by atoms with E-state index < -0.39 is 0 Å². The molecule has 2 aliphatic carbocycles. The number of urea groups is 1. The summed E-state index contributed by atoms with van der Waals surface area (Å²) in [6.07, 6.45) is 8.31. The van der Waals surface area contributed by atoms with Gasteiger partial charge in [-0.25, -0.2) is 4.79 Å². The van der Waals surface area contributed by atoms with Crippen molar-refractivity contribution < 1.29 is 9.53 Å². The van der Waals surface area contributed by atoms with E-state index in [-0.39, 0.29) is 18.2 Å². The van der Waals surface area contributed by atoms with Crippen LogP contribution in [0.1, 0.15) is 44.3 Å². The number of fused-ring (bicyclic) bond motifs is 1. The summed E-state index contributed by atoms with van der Waals surface area (Å²) in [6.45, 7) is 3.58. The molecule has 22 heavy (non-hydrogen) atoms. The summed E-state index contributed by atoms with van der Waals surface area (Å²) >= 11 is 0. The lowest BCUT2D eigenvalue weighted by Crippen LogP contribution is -2.46. The molecule has 4 rings (SSSR count). The van der Waals surface area contributed by atoms with Crippen LogP contribution >= 0.6 is 0 Å². The largest absolute Gasteiger partial charge is 0.371 e. The lowest BCUT2D eigenvalue weighted by molar-refractivity contribution is 0.0997. The number of rotatable bonds is 4. The van der Waals surface area contributed by atoms with Crippen molar-refractivity contribution in [3.8, 4) is 0 Å². The van der Waals surface area contributed by atoms with Crippen molar-refractivity contribution in [2.24, 2.45) is 11.8 Å². The highest BCUT2D eigenvalue weighted by Gasteiger charge is 2.46. The monoisotopic (exact) mass is 304 g/mol. The van der Waals surface area contributed by atoms with Crippen molar-refractivity contribution >= 4 is 6.03 Å².